The van der Waals surface area contributed by atoms with Crippen LogP contribution in [0.3, 0.4) is 0 Å². The highest BCUT2D eigenvalue weighted by atomic mass is 15.2. The first-order valence-electron chi connectivity index (χ1n) is 6.99. The Morgan fingerprint density at radius 3 is 2.11 bits per heavy atom. The van der Waals surface area contributed by atoms with Gasteiger partial charge in [-0.1, -0.05) is 54.6 Å². The first kappa shape index (κ1) is 12.4. The molecule has 1 aliphatic rings. The molecule has 0 spiro atoms. The van der Waals surface area contributed by atoms with Crippen molar-refractivity contribution in [2.45, 2.75) is 6.54 Å². The van der Waals surface area contributed by atoms with Gasteiger partial charge in [0.15, 0.2) is 0 Å². The van der Waals surface area contributed by atoms with Gasteiger partial charge < -0.3 is 5.32 Å². The van der Waals surface area contributed by atoms with Crippen LogP contribution in [0, 0.1) is 0 Å². The summed E-state index contributed by atoms with van der Waals surface area (Å²) in [6.45, 7) is 5.60. The summed E-state index contributed by atoms with van der Waals surface area (Å²) in [6.07, 6.45) is 0. The second kappa shape index (κ2) is 6.00. The van der Waals surface area contributed by atoms with E-state index >= 15 is 0 Å². The van der Waals surface area contributed by atoms with Crippen molar-refractivity contribution < 1.29 is 0 Å². The third kappa shape index (κ3) is 3.22. The van der Waals surface area contributed by atoms with Crippen LogP contribution in [0.2, 0.25) is 0 Å². The van der Waals surface area contributed by atoms with E-state index in [0.29, 0.717) is 0 Å². The Hall–Kier alpha value is -1.64. The van der Waals surface area contributed by atoms with Crippen molar-refractivity contribution in [2.75, 3.05) is 26.2 Å². The summed E-state index contributed by atoms with van der Waals surface area (Å²) in [5.41, 5.74) is 3.99. The van der Waals surface area contributed by atoms with Crippen LogP contribution in [0.5, 0.6) is 0 Å². The maximum absolute atomic E-state index is 3.39. The monoisotopic (exact) mass is 252 g/mol. The molecule has 0 bridgehead atoms. The van der Waals surface area contributed by atoms with Crippen molar-refractivity contribution in [3.63, 3.8) is 0 Å². The Morgan fingerprint density at radius 1 is 0.789 bits per heavy atom. The zero-order valence-electron chi connectivity index (χ0n) is 11.2. The SMILES string of the molecule is c1ccc(-c2ccc(CN3CCNCC3)cc2)cc1. The van der Waals surface area contributed by atoms with Gasteiger partial charge in [0.25, 0.3) is 0 Å². The van der Waals surface area contributed by atoms with Crippen LogP contribution in [0.25, 0.3) is 11.1 Å². The van der Waals surface area contributed by atoms with E-state index < -0.39 is 0 Å². The van der Waals surface area contributed by atoms with E-state index in [1.807, 2.05) is 0 Å². The van der Waals surface area contributed by atoms with Gasteiger partial charge in [0.2, 0.25) is 0 Å². The van der Waals surface area contributed by atoms with Crippen LogP contribution in [0.15, 0.2) is 54.6 Å². The molecule has 3 rings (SSSR count). The summed E-state index contributed by atoms with van der Waals surface area (Å²) in [4.78, 5) is 2.51. The van der Waals surface area contributed by atoms with Crippen LogP contribution in [-0.2, 0) is 6.54 Å². The van der Waals surface area contributed by atoms with E-state index in [9.17, 15) is 0 Å². The minimum Gasteiger partial charge on any atom is -0.314 e. The molecule has 0 saturated carbocycles. The van der Waals surface area contributed by atoms with E-state index in [1.54, 1.807) is 0 Å². The second-order valence-corrected chi connectivity index (χ2v) is 5.09. The lowest BCUT2D eigenvalue weighted by Gasteiger charge is -2.27. The van der Waals surface area contributed by atoms with Crippen molar-refractivity contribution in [2.24, 2.45) is 0 Å². The number of hydrogen-bond acceptors (Lipinski definition) is 2. The van der Waals surface area contributed by atoms with E-state index in [0.717, 1.165) is 32.7 Å². The Morgan fingerprint density at radius 2 is 1.42 bits per heavy atom. The smallest absolute Gasteiger partial charge is 0.0234 e. The molecule has 1 aliphatic heterocycles. The molecule has 98 valence electrons. The third-order valence-electron chi connectivity index (χ3n) is 3.68. The molecule has 0 aromatic heterocycles. The van der Waals surface area contributed by atoms with Gasteiger partial charge in [-0.05, 0) is 16.7 Å². The summed E-state index contributed by atoms with van der Waals surface area (Å²) >= 11 is 0. The van der Waals surface area contributed by atoms with Crippen LogP contribution in [-0.4, -0.2) is 31.1 Å². The Bertz CT molecular complexity index is 499. The fourth-order valence-electron chi connectivity index (χ4n) is 2.56. The summed E-state index contributed by atoms with van der Waals surface area (Å²) in [7, 11) is 0. The molecule has 19 heavy (non-hydrogen) atoms. The lowest BCUT2D eigenvalue weighted by molar-refractivity contribution is 0.233. The molecule has 2 nitrogen and oxygen atoms in total. The molecular formula is C17H20N2. The zero-order chi connectivity index (χ0) is 12.9. The average molecular weight is 252 g/mol. The molecule has 0 aliphatic carbocycles. The summed E-state index contributed by atoms with van der Waals surface area (Å²) in [5.74, 6) is 0. The maximum atomic E-state index is 3.39. The van der Waals surface area contributed by atoms with Crippen LogP contribution in [0.1, 0.15) is 5.56 Å². The molecule has 0 amide bonds. The lowest BCUT2D eigenvalue weighted by atomic mass is 10.0. The number of nitrogens with zero attached hydrogens (tertiary/aromatic N) is 1. The highest BCUT2D eigenvalue weighted by Crippen LogP contribution is 2.19. The predicted octanol–water partition coefficient (Wildman–Crippen LogP) is 2.76. The van der Waals surface area contributed by atoms with Crippen LogP contribution in [0.4, 0.5) is 0 Å². The lowest BCUT2D eigenvalue weighted by Crippen LogP contribution is -2.42. The minimum absolute atomic E-state index is 1.07. The molecule has 2 aromatic rings. The third-order valence-corrected chi connectivity index (χ3v) is 3.68. The van der Waals surface area contributed by atoms with Crippen molar-refractivity contribution >= 4 is 0 Å². The summed E-state index contributed by atoms with van der Waals surface area (Å²) < 4.78 is 0. The molecule has 0 radical (unpaired) electrons. The number of rotatable bonds is 3. The van der Waals surface area contributed by atoms with E-state index in [2.05, 4.69) is 64.8 Å². The molecule has 1 saturated heterocycles. The highest BCUT2D eigenvalue weighted by molar-refractivity contribution is 5.63. The Labute approximate surface area is 115 Å². The van der Waals surface area contributed by atoms with Gasteiger partial charge in [0.05, 0.1) is 0 Å². The number of nitrogens with one attached hydrogen (secondary N) is 1. The molecule has 2 heteroatoms. The normalized spacial score (nSPS) is 16.4. The van der Waals surface area contributed by atoms with Crippen LogP contribution < -0.4 is 5.32 Å². The minimum atomic E-state index is 1.07. The van der Waals surface area contributed by atoms with Crippen molar-refractivity contribution in [3.05, 3.63) is 60.2 Å². The Kier molecular flexibility index (Phi) is 3.92. The van der Waals surface area contributed by atoms with E-state index in [-0.39, 0.29) is 0 Å². The first-order valence-corrected chi connectivity index (χ1v) is 6.99. The van der Waals surface area contributed by atoms with E-state index in [1.165, 1.54) is 16.7 Å². The molecule has 2 aromatic carbocycles. The standard InChI is InChI=1S/C17H20N2/c1-2-4-16(5-3-1)17-8-6-15(7-9-17)14-19-12-10-18-11-13-19/h1-9,18H,10-14H2. The first-order chi connectivity index (χ1) is 9.42. The molecule has 1 heterocycles. The fourth-order valence-corrected chi connectivity index (χ4v) is 2.56. The average Bonchev–Trinajstić information content (AvgIpc) is 2.50. The molecule has 1 fully saturated rings. The topological polar surface area (TPSA) is 15.3 Å². The highest BCUT2D eigenvalue weighted by Gasteiger charge is 2.09. The number of piperazine rings is 1. The summed E-state index contributed by atoms with van der Waals surface area (Å²) in [5, 5.41) is 3.39. The number of benzene rings is 2. The molecule has 0 atom stereocenters. The van der Waals surface area contributed by atoms with Gasteiger partial charge in [-0.15, -0.1) is 0 Å². The quantitative estimate of drug-likeness (QED) is 0.903. The summed E-state index contributed by atoms with van der Waals surface area (Å²) in [6, 6.07) is 19.5. The zero-order valence-corrected chi connectivity index (χ0v) is 11.2. The molecular weight excluding hydrogens is 232 g/mol. The van der Waals surface area contributed by atoms with E-state index in [4.69, 9.17) is 0 Å². The van der Waals surface area contributed by atoms with Crippen LogP contribution >= 0.6 is 0 Å². The van der Waals surface area contributed by atoms with Gasteiger partial charge in [-0.3, -0.25) is 4.90 Å². The van der Waals surface area contributed by atoms with Gasteiger partial charge in [-0.2, -0.15) is 0 Å². The Balaban J connectivity index is 1.68. The van der Waals surface area contributed by atoms with Crippen molar-refractivity contribution in [1.29, 1.82) is 0 Å². The number of hydrogen-bond donors (Lipinski definition) is 1. The maximum Gasteiger partial charge on any atom is 0.0234 e. The molecule has 1 N–H and O–H groups in total. The predicted molar refractivity (Wildman–Crippen MR) is 80.0 cm³/mol. The van der Waals surface area contributed by atoms with Gasteiger partial charge in [0, 0.05) is 32.7 Å². The largest absolute Gasteiger partial charge is 0.314 e. The van der Waals surface area contributed by atoms with Gasteiger partial charge in [0.1, 0.15) is 0 Å². The fraction of sp³-hybridized carbons (Fsp3) is 0.294. The molecule has 0 unspecified atom stereocenters. The van der Waals surface area contributed by atoms with Crippen molar-refractivity contribution in [3.8, 4) is 11.1 Å². The second-order valence-electron chi connectivity index (χ2n) is 5.09. The van der Waals surface area contributed by atoms with Gasteiger partial charge >= 0.3 is 0 Å². The van der Waals surface area contributed by atoms with Crippen molar-refractivity contribution in [1.82, 2.24) is 10.2 Å². The van der Waals surface area contributed by atoms with Gasteiger partial charge in [-0.25, -0.2) is 0 Å².